The van der Waals surface area contributed by atoms with E-state index >= 15 is 0 Å². The van der Waals surface area contributed by atoms with E-state index in [2.05, 4.69) is 41.3 Å². The molecule has 132 valence electrons. The van der Waals surface area contributed by atoms with Crippen LogP contribution in [0.2, 0.25) is 0 Å². The van der Waals surface area contributed by atoms with Gasteiger partial charge in [-0.05, 0) is 37.8 Å². The summed E-state index contributed by atoms with van der Waals surface area (Å²) in [4.78, 5) is 6.91. The number of aliphatic imine (C=N–C) groups is 1. The van der Waals surface area contributed by atoms with Gasteiger partial charge in [-0.1, -0.05) is 20.8 Å². The average Bonchev–Trinajstić information content (AvgIpc) is 2.47. The molecular formula is C16H35IN4O. The Morgan fingerprint density at radius 2 is 1.91 bits per heavy atom. The van der Waals surface area contributed by atoms with Crippen LogP contribution in [0.15, 0.2) is 4.99 Å². The first kappa shape index (κ1) is 21.9. The zero-order valence-electron chi connectivity index (χ0n) is 14.9. The highest BCUT2D eigenvalue weighted by molar-refractivity contribution is 14.0. The summed E-state index contributed by atoms with van der Waals surface area (Å²) in [5.41, 5.74) is 0. The number of methoxy groups -OCH3 is 1. The van der Waals surface area contributed by atoms with Gasteiger partial charge in [0.15, 0.2) is 5.96 Å². The first-order chi connectivity index (χ1) is 10.1. The molecule has 0 spiro atoms. The standard InChI is InChI=1S/C16H34N4O.HI/c1-13(2)15(20-9-6-14(3)7-10-20)12-19-16(17-4)18-8-11-21-5;/h13-15H,6-12H2,1-5H3,(H2,17,18,19);1H. The second-order valence-electron chi connectivity index (χ2n) is 6.40. The third-order valence-corrected chi connectivity index (χ3v) is 4.36. The summed E-state index contributed by atoms with van der Waals surface area (Å²) in [6.07, 6.45) is 2.65. The van der Waals surface area contributed by atoms with Crippen LogP contribution in [-0.4, -0.2) is 63.8 Å². The van der Waals surface area contributed by atoms with E-state index in [1.165, 1.54) is 25.9 Å². The maximum absolute atomic E-state index is 5.05. The van der Waals surface area contributed by atoms with Gasteiger partial charge in [-0.25, -0.2) is 0 Å². The third kappa shape index (κ3) is 7.97. The molecule has 6 heteroatoms. The van der Waals surface area contributed by atoms with Gasteiger partial charge in [0.05, 0.1) is 6.61 Å². The van der Waals surface area contributed by atoms with Crippen molar-refractivity contribution in [3.8, 4) is 0 Å². The quantitative estimate of drug-likeness (QED) is 0.284. The maximum atomic E-state index is 5.05. The summed E-state index contributed by atoms with van der Waals surface area (Å²) in [5.74, 6) is 2.39. The van der Waals surface area contributed by atoms with Gasteiger partial charge in [0.2, 0.25) is 0 Å². The minimum Gasteiger partial charge on any atom is -0.383 e. The molecule has 0 saturated carbocycles. The van der Waals surface area contributed by atoms with Crippen LogP contribution in [0.25, 0.3) is 0 Å². The van der Waals surface area contributed by atoms with Gasteiger partial charge in [0.1, 0.15) is 0 Å². The number of nitrogens with zero attached hydrogens (tertiary/aromatic N) is 2. The van der Waals surface area contributed by atoms with E-state index in [0.29, 0.717) is 18.6 Å². The zero-order valence-corrected chi connectivity index (χ0v) is 17.2. The number of guanidine groups is 1. The topological polar surface area (TPSA) is 48.9 Å². The molecule has 2 N–H and O–H groups in total. The molecule has 1 unspecified atom stereocenters. The normalized spacial score (nSPS) is 18.9. The van der Waals surface area contributed by atoms with Crippen molar-refractivity contribution in [2.24, 2.45) is 16.8 Å². The predicted molar refractivity (Wildman–Crippen MR) is 105 cm³/mol. The minimum absolute atomic E-state index is 0. The Bertz CT molecular complexity index is 305. The second-order valence-corrected chi connectivity index (χ2v) is 6.40. The van der Waals surface area contributed by atoms with Gasteiger partial charge in [-0.3, -0.25) is 9.89 Å². The van der Waals surface area contributed by atoms with Crippen molar-refractivity contribution in [3.05, 3.63) is 0 Å². The number of likely N-dealkylation sites (tertiary alicyclic amines) is 1. The fraction of sp³-hybridized carbons (Fsp3) is 0.938. The lowest BCUT2D eigenvalue weighted by Crippen LogP contribution is -2.51. The highest BCUT2D eigenvalue weighted by Gasteiger charge is 2.25. The minimum atomic E-state index is 0. The van der Waals surface area contributed by atoms with Crippen LogP contribution in [0.5, 0.6) is 0 Å². The highest BCUT2D eigenvalue weighted by atomic mass is 127. The van der Waals surface area contributed by atoms with E-state index < -0.39 is 0 Å². The summed E-state index contributed by atoms with van der Waals surface area (Å²) in [6, 6.07) is 0.568. The average molecular weight is 426 g/mol. The number of hydrogen-bond donors (Lipinski definition) is 2. The molecule has 1 saturated heterocycles. The molecule has 0 aliphatic carbocycles. The molecule has 1 heterocycles. The molecular weight excluding hydrogens is 391 g/mol. The molecule has 1 aliphatic heterocycles. The summed E-state index contributed by atoms with van der Waals surface area (Å²) in [6.45, 7) is 11.8. The number of piperidine rings is 1. The van der Waals surface area contributed by atoms with E-state index in [0.717, 1.165) is 25.0 Å². The van der Waals surface area contributed by atoms with Crippen molar-refractivity contribution >= 4 is 29.9 Å². The molecule has 0 aromatic rings. The number of halogens is 1. The number of hydrogen-bond acceptors (Lipinski definition) is 3. The molecule has 0 radical (unpaired) electrons. The van der Waals surface area contributed by atoms with Crippen LogP contribution in [0.1, 0.15) is 33.6 Å². The number of rotatable bonds is 7. The van der Waals surface area contributed by atoms with Gasteiger partial charge in [0, 0.05) is 33.3 Å². The first-order valence-electron chi connectivity index (χ1n) is 8.26. The SMILES string of the molecule is CN=C(NCCOC)NCC(C(C)C)N1CCC(C)CC1.I. The Balaban J connectivity index is 0.00000441. The van der Waals surface area contributed by atoms with Crippen molar-refractivity contribution in [3.63, 3.8) is 0 Å². The molecule has 1 aliphatic rings. The zero-order chi connectivity index (χ0) is 15.7. The molecule has 1 atom stereocenters. The number of nitrogens with one attached hydrogen (secondary N) is 2. The predicted octanol–water partition coefficient (Wildman–Crippen LogP) is 2.17. The summed E-state index contributed by atoms with van der Waals surface area (Å²) >= 11 is 0. The Morgan fingerprint density at radius 3 is 2.41 bits per heavy atom. The Hall–Kier alpha value is -0.0800. The van der Waals surface area contributed by atoms with E-state index in [-0.39, 0.29) is 24.0 Å². The van der Waals surface area contributed by atoms with Crippen LogP contribution in [0, 0.1) is 11.8 Å². The molecule has 22 heavy (non-hydrogen) atoms. The van der Waals surface area contributed by atoms with Crippen molar-refractivity contribution in [2.75, 3.05) is 46.9 Å². The van der Waals surface area contributed by atoms with E-state index in [9.17, 15) is 0 Å². The molecule has 0 bridgehead atoms. The van der Waals surface area contributed by atoms with Gasteiger partial charge < -0.3 is 15.4 Å². The number of ether oxygens (including phenoxy) is 1. The molecule has 0 aromatic heterocycles. The fourth-order valence-electron chi connectivity index (χ4n) is 2.84. The maximum Gasteiger partial charge on any atom is 0.191 e. The van der Waals surface area contributed by atoms with Crippen LogP contribution in [0.4, 0.5) is 0 Å². The van der Waals surface area contributed by atoms with Crippen molar-refractivity contribution in [1.82, 2.24) is 15.5 Å². The monoisotopic (exact) mass is 426 g/mol. The first-order valence-corrected chi connectivity index (χ1v) is 8.26. The van der Waals surface area contributed by atoms with Crippen LogP contribution < -0.4 is 10.6 Å². The molecule has 1 rings (SSSR count). The van der Waals surface area contributed by atoms with Crippen molar-refractivity contribution in [2.45, 2.75) is 39.7 Å². The van der Waals surface area contributed by atoms with Crippen LogP contribution >= 0.6 is 24.0 Å². The summed E-state index contributed by atoms with van der Waals surface area (Å²) < 4.78 is 5.05. The van der Waals surface area contributed by atoms with E-state index in [1.54, 1.807) is 7.11 Å². The van der Waals surface area contributed by atoms with Crippen LogP contribution in [-0.2, 0) is 4.74 Å². The van der Waals surface area contributed by atoms with E-state index in [4.69, 9.17) is 4.74 Å². The Kier molecular flexibility index (Phi) is 12.3. The van der Waals surface area contributed by atoms with Crippen molar-refractivity contribution < 1.29 is 4.74 Å². The van der Waals surface area contributed by atoms with Crippen LogP contribution in [0.3, 0.4) is 0 Å². The molecule has 5 nitrogen and oxygen atoms in total. The Morgan fingerprint density at radius 1 is 1.27 bits per heavy atom. The Labute approximate surface area is 153 Å². The third-order valence-electron chi connectivity index (χ3n) is 4.36. The lowest BCUT2D eigenvalue weighted by Gasteiger charge is -2.39. The molecule has 1 fully saturated rings. The molecule has 0 amide bonds. The lowest BCUT2D eigenvalue weighted by molar-refractivity contribution is 0.110. The van der Waals surface area contributed by atoms with Gasteiger partial charge in [-0.2, -0.15) is 0 Å². The van der Waals surface area contributed by atoms with Gasteiger partial charge in [-0.15, -0.1) is 24.0 Å². The second kappa shape index (κ2) is 12.4. The highest BCUT2D eigenvalue weighted by Crippen LogP contribution is 2.20. The molecule has 0 aromatic carbocycles. The van der Waals surface area contributed by atoms with Gasteiger partial charge in [0.25, 0.3) is 0 Å². The smallest absolute Gasteiger partial charge is 0.191 e. The van der Waals surface area contributed by atoms with E-state index in [1.807, 2.05) is 7.05 Å². The summed E-state index contributed by atoms with van der Waals surface area (Å²) in [7, 11) is 3.53. The summed E-state index contributed by atoms with van der Waals surface area (Å²) in [5, 5.41) is 6.73. The fourth-order valence-corrected chi connectivity index (χ4v) is 2.84. The largest absolute Gasteiger partial charge is 0.383 e. The lowest BCUT2D eigenvalue weighted by atomic mass is 9.94. The van der Waals surface area contributed by atoms with Gasteiger partial charge >= 0.3 is 0 Å². The van der Waals surface area contributed by atoms with Crippen molar-refractivity contribution in [1.29, 1.82) is 0 Å².